The molecular weight excluding hydrogens is 1170 g/mol. The maximum Gasteiger partial charge on any atom is 0.0725 e. The zero-order valence-corrected chi connectivity index (χ0v) is 54.0. The average molecular weight is 1230 g/mol. The van der Waals surface area contributed by atoms with E-state index in [1.807, 2.05) is 0 Å². The van der Waals surface area contributed by atoms with E-state index in [2.05, 4.69) is 351 Å². The Balaban J connectivity index is 0.000000141. The number of hydrogen-bond acceptors (Lipinski definition) is 0. The Labute approximate surface area is 562 Å². The molecule has 0 aliphatic heterocycles. The molecule has 0 bridgehead atoms. The van der Waals surface area contributed by atoms with Crippen molar-refractivity contribution in [1.29, 1.82) is 0 Å². The van der Waals surface area contributed by atoms with Crippen LogP contribution in [0.5, 0.6) is 0 Å². The Bertz CT molecular complexity index is 6090. The van der Waals surface area contributed by atoms with E-state index in [-0.39, 0.29) is 0 Å². The van der Waals surface area contributed by atoms with Crippen LogP contribution in [-0.4, -0.2) is 9.13 Å². The quantitative estimate of drug-likeness (QED) is 0.106. The van der Waals surface area contributed by atoms with Crippen LogP contribution >= 0.6 is 0 Å². The number of aryl methyl sites for hydroxylation is 2. The molecule has 0 amide bonds. The van der Waals surface area contributed by atoms with Crippen molar-refractivity contribution >= 4 is 133 Å². The molecular formula is C95H64N2. The zero-order chi connectivity index (χ0) is 64.0. The SMILES string of the molecule is CCn1c2ccccc2c2cc(/C=C/c3ccc(/C=C/c4ccc5c(c4)c4ccccc4n5CC)cc3)ccc21.c1ccc2c(c1)-c1ccccc1C21c2cc(-c3ccc4ccc5cccc6ccc3c4c56)ccc2-c2ccc(-c3ccc4ccc5cccc6ccc3c4c56)cc21. The predicted octanol–water partition coefficient (Wildman–Crippen LogP) is 25.4. The molecule has 2 heterocycles. The topological polar surface area (TPSA) is 9.86 Å². The van der Waals surface area contributed by atoms with Gasteiger partial charge in [0.05, 0.1) is 5.41 Å². The van der Waals surface area contributed by atoms with Crippen molar-refractivity contribution in [3.05, 3.63) is 348 Å². The second-order valence-electron chi connectivity index (χ2n) is 26.7. The summed E-state index contributed by atoms with van der Waals surface area (Å²) in [5, 5.41) is 21.1. The van der Waals surface area contributed by atoms with E-state index >= 15 is 0 Å². The minimum atomic E-state index is -0.461. The Kier molecular flexibility index (Phi) is 12.3. The third-order valence-corrected chi connectivity index (χ3v) is 21.9. The first-order chi connectivity index (χ1) is 48.0. The van der Waals surface area contributed by atoms with Gasteiger partial charge < -0.3 is 9.13 Å². The van der Waals surface area contributed by atoms with Crippen molar-refractivity contribution in [3.63, 3.8) is 0 Å². The van der Waals surface area contributed by atoms with Crippen LogP contribution in [0, 0.1) is 0 Å². The highest BCUT2D eigenvalue weighted by molar-refractivity contribution is 6.27. The van der Waals surface area contributed by atoms with E-state index in [9.17, 15) is 0 Å². The lowest BCUT2D eigenvalue weighted by Crippen LogP contribution is -2.26. The fraction of sp³-hybridized carbons (Fsp3) is 0.0526. The molecule has 21 rings (SSSR count). The molecule has 2 nitrogen and oxygen atoms in total. The molecule has 2 aromatic heterocycles. The van der Waals surface area contributed by atoms with E-state index in [1.165, 1.54) is 197 Å². The zero-order valence-electron chi connectivity index (χ0n) is 54.0. The summed E-state index contributed by atoms with van der Waals surface area (Å²) in [5.41, 5.74) is 25.4. The highest BCUT2D eigenvalue weighted by atomic mass is 15.0. The number of aromatic nitrogens is 2. The van der Waals surface area contributed by atoms with Gasteiger partial charge in [-0.05, 0) is 216 Å². The van der Waals surface area contributed by atoms with Crippen LogP contribution in [0.2, 0.25) is 0 Å². The molecule has 0 unspecified atom stereocenters. The summed E-state index contributed by atoms with van der Waals surface area (Å²) in [5.74, 6) is 0. The Morgan fingerprint density at radius 3 is 1.02 bits per heavy atom. The second kappa shape index (κ2) is 21.5. The highest BCUT2D eigenvalue weighted by Crippen LogP contribution is 2.64. The van der Waals surface area contributed by atoms with E-state index in [1.54, 1.807) is 0 Å². The van der Waals surface area contributed by atoms with Gasteiger partial charge in [-0.1, -0.05) is 279 Å². The van der Waals surface area contributed by atoms with Gasteiger partial charge in [-0.15, -0.1) is 0 Å². The van der Waals surface area contributed by atoms with Gasteiger partial charge in [-0.3, -0.25) is 0 Å². The molecule has 0 radical (unpaired) electrons. The smallest absolute Gasteiger partial charge is 0.0725 e. The van der Waals surface area contributed by atoms with Gasteiger partial charge in [0.1, 0.15) is 0 Å². The minimum absolute atomic E-state index is 0.461. The first-order valence-electron chi connectivity index (χ1n) is 34.3. The van der Waals surface area contributed by atoms with E-state index in [0.717, 1.165) is 13.1 Å². The molecule has 97 heavy (non-hydrogen) atoms. The van der Waals surface area contributed by atoms with E-state index < -0.39 is 5.41 Å². The third kappa shape index (κ3) is 8.20. The molecule has 0 atom stereocenters. The number of fused-ring (bicyclic) bond motifs is 16. The summed E-state index contributed by atoms with van der Waals surface area (Å²) in [6.45, 7) is 6.36. The molecule has 2 aliphatic rings. The Morgan fingerprint density at radius 1 is 0.237 bits per heavy atom. The lowest BCUT2D eigenvalue weighted by atomic mass is 9.70. The number of para-hydroxylation sites is 2. The summed E-state index contributed by atoms with van der Waals surface area (Å²) < 4.78 is 4.79. The van der Waals surface area contributed by atoms with Crippen LogP contribution in [0.1, 0.15) is 58.4 Å². The van der Waals surface area contributed by atoms with Gasteiger partial charge >= 0.3 is 0 Å². The van der Waals surface area contributed by atoms with Crippen LogP contribution in [0.4, 0.5) is 0 Å². The lowest BCUT2D eigenvalue weighted by Gasteiger charge is -2.31. The second-order valence-corrected chi connectivity index (χ2v) is 26.7. The van der Waals surface area contributed by atoms with Gasteiger partial charge in [-0.25, -0.2) is 0 Å². The van der Waals surface area contributed by atoms with Crippen LogP contribution in [0.25, 0.3) is 177 Å². The maximum atomic E-state index is 2.54. The van der Waals surface area contributed by atoms with E-state index in [4.69, 9.17) is 0 Å². The van der Waals surface area contributed by atoms with Crippen LogP contribution < -0.4 is 0 Å². The molecule has 454 valence electrons. The molecule has 0 saturated heterocycles. The van der Waals surface area contributed by atoms with E-state index in [0.29, 0.717) is 0 Å². The number of hydrogen-bond donors (Lipinski definition) is 0. The Hall–Kier alpha value is -12.1. The van der Waals surface area contributed by atoms with Gasteiger partial charge in [0.15, 0.2) is 0 Å². The van der Waals surface area contributed by atoms with Crippen LogP contribution in [0.15, 0.2) is 303 Å². The molecule has 0 saturated carbocycles. The molecule has 17 aromatic carbocycles. The van der Waals surface area contributed by atoms with Gasteiger partial charge in [-0.2, -0.15) is 0 Å². The number of rotatable bonds is 8. The third-order valence-electron chi connectivity index (χ3n) is 21.9. The fourth-order valence-electron chi connectivity index (χ4n) is 17.6. The van der Waals surface area contributed by atoms with Crippen molar-refractivity contribution in [2.75, 3.05) is 0 Å². The van der Waals surface area contributed by atoms with Gasteiger partial charge in [0.25, 0.3) is 0 Å². The summed E-state index contributed by atoms with van der Waals surface area (Å²) in [7, 11) is 0. The summed E-state index contributed by atoms with van der Waals surface area (Å²) in [6, 6.07) is 114. The van der Waals surface area contributed by atoms with Gasteiger partial charge in [0, 0.05) is 56.7 Å². The van der Waals surface area contributed by atoms with Gasteiger partial charge in [0.2, 0.25) is 0 Å². The Morgan fingerprint density at radius 2 is 0.577 bits per heavy atom. The maximum absolute atomic E-state index is 2.54. The van der Waals surface area contributed by atoms with Crippen molar-refractivity contribution in [3.8, 4) is 44.5 Å². The summed E-state index contributed by atoms with van der Waals surface area (Å²) in [4.78, 5) is 0. The normalized spacial score (nSPS) is 13.1. The first-order valence-corrected chi connectivity index (χ1v) is 34.3. The molecule has 2 heteroatoms. The molecule has 2 aliphatic carbocycles. The summed E-state index contributed by atoms with van der Waals surface area (Å²) in [6.07, 6.45) is 8.82. The fourth-order valence-corrected chi connectivity index (χ4v) is 17.6. The first kappa shape index (κ1) is 55.4. The van der Waals surface area contributed by atoms with Crippen LogP contribution in [0.3, 0.4) is 0 Å². The van der Waals surface area contributed by atoms with Crippen molar-refractivity contribution in [2.24, 2.45) is 0 Å². The average Bonchev–Trinajstić information content (AvgIpc) is 1.51. The standard InChI is InChI=1S/C57H32.C38H32N2/c1-3-13-49-43(11-1)44-12-2-4-14-50(44)57(49)51-31-39(41-25-19-37-17-15-33-7-5-9-35-21-29-47(41)55(37)53(33)35)23-27-45(51)46-28-24-40(32-52(46)57)42-26-20-38-18-16-34-8-6-10-36-22-30-48(42)56(38)54(34)36;1-3-39-35-11-7-5-9-31(35)33-25-29(21-23-37(33)39)19-17-27-13-15-28(16-14-27)18-20-30-22-24-38-34(26-30)32-10-6-8-12-36(32)40(38)4-2/h1-32H;5-26H,3-4H2,1-2H3/b;19-17+,20-18+. The monoisotopic (exact) mass is 1230 g/mol. The minimum Gasteiger partial charge on any atom is -0.341 e. The van der Waals surface area contributed by atoms with Crippen molar-refractivity contribution < 1.29 is 0 Å². The molecule has 0 fully saturated rings. The number of nitrogens with zero attached hydrogens (tertiary/aromatic N) is 2. The summed E-state index contributed by atoms with van der Waals surface area (Å²) >= 11 is 0. The van der Waals surface area contributed by atoms with Crippen LogP contribution in [-0.2, 0) is 18.5 Å². The van der Waals surface area contributed by atoms with Crippen molar-refractivity contribution in [2.45, 2.75) is 32.4 Å². The lowest BCUT2D eigenvalue weighted by molar-refractivity contribution is 0.794. The molecule has 19 aromatic rings. The molecule has 1 spiro atoms. The van der Waals surface area contributed by atoms with Crippen molar-refractivity contribution in [1.82, 2.24) is 9.13 Å². The largest absolute Gasteiger partial charge is 0.341 e. The number of benzene rings is 17. The molecule has 0 N–H and O–H groups in total. The predicted molar refractivity (Wildman–Crippen MR) is 416 cm³/mol. The highest BCUT2D eigenvalue weighted by Gasteiger charge is 2.52.